The van der Waals surface area contributed by atoms with Crippen LogP contribution in [-0.4, -0.2) is 20.2 Å². The predicted molar refractivity (Wildman–Crippen MR) is 74.9 cm³/mol. The van der Waals surface area contributed by atoms with Crippen LogP contribution in [0.15, 0.2) is 42.0 Å². The van der Waals surface area contributed by atoms with E-state index in [0.717, 1.165) is 0 Å². The van der Waals surface area contributed by atoms with Crippen molar-refractivity contribution in [3.8, 4) is 0 Å². The zero-order chi connectivity index (χ0) is 11.6. The minimum atomic E-state index is -0.979. The Kier molecular flexibility index (Phi) is 3.02. The lowest BCUT2D eigenvalue weighted by Crippen LogP contribution is -2.45. The Labute approximate surface area is 100 Å². The minimum Gasteiger partial charge on any atom is -0.282 e. The summed E-state index contributed by atoms with van der Waals surface area (Å²) in [5, 5.41) is 0.448. The average molecular weight is 231 g/mol. The third-order valence-corrected chi connectivity index (χ3v) is 8.97. The van der Waals surface area contributed by atoms with Gasteiger partial charge in [-0.15, -0.1) is 6.58 Å². The normalized spacial score (nSPS) is 36.2. The van der Waals surface area contributed by atoms with Crippen molar-refractivity contribution in [2.24, 2.45) is 4.99 Å². The molecule has 2 unspecified atom stereocenters. The van der Waals surface area contributed by atoms with Crippen LogP contribution in [-0.2, 0) is 0 Å². The van der Waals surface area contributed by atoms with E-state index in [4.69, 9.17) is 4.99 Å². The molecule has 0 spiro atoms. The van der Waals surface area contributed by atoms with E-state index in [1.807, 2.05) is 12.3 Å². The van der Waals surface area contributed by atoms with Gasteiger partial charge in [-0.2, -0.15) is 0 Å². The topological polar surface area (TPSA) is 12.4 Å². The Hall–Kier alpha value is -0.893. The van der Waals surface area contributed by atoms with Crippen molar-refractivity contribution in [2.75, 3.05) is 0 Å². The van der Waals surface area contributed by atoms with Crippen LogP contribution in [0.25, 0.3) is 0 Å². The van der Waals surface area contributed by atoms with Crippen LogP contribution in [0.3, 0.4) is 0 Å². The quantitative estimate of drug-likeness (QED) is 0.510. The van der Waals surface area contributed by atoms with Crippen molar-refractivity contribution in [2.45, 2.75) is 42.9 Å². The Balaban J connectivity index is 2.38. The van der Waals surface area contributed by atoms with Crippen molar-refractivity contribution < 1.29 is 0 Å². The number of allylic oxidation sites excluding steroid dienone is 3. The molecule has 0 amide bonds. The summed E-state index contributed by atoms with van der Waals surface area (Å²) >= 11 is 0. The van der Waals surface area contributed by atoms with Crippen LogP contribution < -0.4 is 0 Å². The maximum atomic E-state index is 4.80. The molecule has 2 aliphatic rings. The molecule has 1 fully saturated rings. The second-order valence-corrected chi connectivity index (χ2v) is 9.72. The first-order chi connectivity index (χ1) is 7.61. The molecule has 0 N–H and O–H groups in total. The molecule has 0 aromatic rings. The highest BCUT2D eigenvalue weighted by Gasteiger charge is 2.47. The first-order valence-corrected chi connectivity index (χ1v) is 8.11. The largest absolute Gasteiger partial charge is 0.282 e. The van der Waals surface area contributed by atoms with Gasteiger partial charge >= 0.3 is 0 Å². The van der Waals surface area contributed by atoms with Gasteiger partial charge in [-0.25, -0.2) is 0 Å². The van der Waals surface area contributed by atoms with Crippen molar-refractivity contribution in [1.82, 2.24) is 0 Å². The van der Waals surface area contributed by atoms with Crippen LogP contribution in [0.1, 0.15) is 26.7 Å². The highest BCUT2D eigenvalue weighted by Crippen LogP contribution is 2.49. The molecule has 0 aromatic carbocycles. The zero-order valence-electron chi connectivity index (χ0n) is 10.3. The standard InChI is InChI=1S/C14H21NSi/c1-4-14(10-6-5-7-11-15-14)16-12-8-9-13(16,2)3/h4-7,10-11,16H,1,8-9,12H2,2-3H3. The van der Waals surface area contributed by atoms with Crippen LogP contribution in [0.2, 0.25) is 11.1 Å². The third-order valence-electron chi connectivity index (χ3n) is 4.11. The molecule has 0 radical (unpaired) electrons. The SMILES string of the molecule is C=CC1([SiH]2CCCC2(C)C)C=CC=CC=N1. The van der Waals surface area contributed by atoms with E-state index in [1.165, 1.54) is 18.9 Å². The van der Waals surface area contributed by atoms with E-state index in [-0.39, 0.29) is 5.16 Å². The molecule has 2 rings (SSSR count). The fourth-order valence-corrected chi connectivity index (χ4v) is 7.75. The molecule has 16 heavy (non-hydrogen) atoms. The molecule has 0 aromatic heterocycles. The molecular formula is C14H21NSi. The van der Waals surface area contributed by atoms with Gasteiger partial charge in [0.1, 0.15) is 0 Å². The van der Waals surface area contributed by atoms with Gasteiger partial charge < -0.3 is 0 Å². The average Bonchev–Trinajstić information content (AvgIpc) is 2.51. The molecule has 0 aliphatic carbocycles. The summed E-state index contributed by atoms with van der Waals surface area (Å²) in [4.78, 5) is 4.80. The van der Waals surface area contributed by atoms with E-state index in [0.29, 0.717) is 5.04 Å². The maximum Gasteiger partial charge on any atom is 0.0857 e. The highest BCUT2D eigenvalue weighted by molar-refractivity contribution is 6.68. The molecule has 2 heteroatoms. The lowest BCUT2D eigenvalue weighted by Gasteiger charge is -2.37. The maximum absolute atomic E-state index is 4.80. The molecule has 2 atom stereocenters. The lowest BCUT2D eigenvalue weighted by atomic mass is 10.1. The van der Waals surface area contributed by atoms with Crippen molar-refractivity contribution in [1.29, 1.82) is 0 Å². The summed E-state index contributed by atoms with van der Waals surface area (Å²) in [6.45, 7) is 8.89. The van der Waals surface area contributed by atoms with Gasteiger partial charge in [0.15, 0.2) is 0 Å². The fourth-order valence-electron chi connectivity index (χ4n) is 3.19. The summed E-state index contributed by atoms with van der Waals surface area (Å²) in [6, 6.07) is 1.39. The van der Waals surface area contributed by atoms with Gasteiger partial charge in [-0.05, 0) is 11.1 Å². The van der Waals surface area contributed by atoms with E-state index >= 15 is 0 Å². The van der Waals surface area contributed by atoms with Crippen LogP contribution in [0.5, 0.6) is 0 Å². The van der Waals surface area contributed by atoms with Crippen molar-refractivity contribution in [3.05, 3.63) is 37.0 Å². The van der Waals surface area contributed by atoms with E-state index < -0.39 is 8.80 Å². The van der Waals surface area contributed by atoms with E-state index in [9.17, 15) is 0 Å². The van der Waals surface area contributed by atoms with Crippen LogP contribution >= 0.6 is 0 Å². The summed E-state index contributed by atoms with van der Waals surface area (Å²) in [5.74, 6) is 0. The zero-order valence-corrected chi connectivity index (χ0v) is 11.5. The first kappa shape index (κ1) is 11.6. The number of hydrogen-bond acceptors (Lipinski definition) is 1. The molecule has 1 nitrogen and oxygen atoms in total. The van der Waals surface area contributed by atoms with Gasteiger partial charge in [0, 0.05) is 6.21 Å². The van der Waals surface area contributed by atoms with Gasteiger partial charge in [-0.3, -0.25) is 4.99 Å². The summed E-state index contributed by atoms with van der Waals surface area (Å²) in [5.41, 5.74) is 0. The predicted octanol–water partition coefficient (Wildman–Crippen LogP) is 3.45. The Morgan fingerprint density at radius 2 is 2.12 bits per heavy atom. The van der Waals surface area contributed by atoms with E-state index in [1.54, 1.807) is 0 Å². The number of aliphatic imine (C=N–C) groups is 1. The number of rotatable bonds is 2. The minimum absolute atomic E-state index is 0.0521. The Bertz CT molecular complexity index is 347. The van der Waals surface area contributed by atoms with Gasteiger partial charge in [0.05, 0.1) is 14.0 Å². The van der Waals surface area contributed by atoms with Crippen LogP contribution in [0.4, 0.5) is 0 Å². The van der Waals surface area contributed by atoms with Gasteiger partial charge in [-0.1, -0.05) is 57.0 Å². The molecule has 2 heterocycles. The monoisotopic (exact) mass is 231 g/mol. The molecule has 2 aliphatic heterocycles. The lowest BCUT2D eigenvalue weighted by molar-refractivity contribution is 0.619. The second-order valence-electron chi connectivity index (χ2n) is 5.55. The third kappa shape index (κ3) is 1.86. The van der Waals surface area contributed by atoms with Crippen molar-refractivity contribution in [3.63, 3.8) is 0 Å². The Morgan fingerprint density at radius 1 is 1.31 bits per heavy atom. The summed E-state index contributed by atoms with van der Waals surface area (Å²) < 4.78 is 0. The highest BCUT2D eigenvalue weighted by atomic mass is 28.3. The number of hydrogen-bond donors (Lipinski definition) is 0. The van der Waals surface area contributed by atoms with E-state index in [2.05, 4.69) is 44.7 Å². The first-order valence-electron chi connectivity index (χ1n) is 6.14. The number of nitrogens with zero attached hydrogens (tertiary/aromatic N) is 1. The molecule has 1 saturated heterocycles. The molecule has 86 valence electrons. The molecule has 0 saturated carbocycles. The van der Waals surface area contributed by atoms with Crippen molar-refractivity contribution >= 4 is 15.0 Å². The second kappa shape index (κ2) is 4.17. The van der Waals surface area contributed by atoms with Gasteiger partial charge in [0.25, 0.3) is 0 Å². The molecular weight excluding hydrogens is 210 g/mol. The van der Waals surface area contributed by atoms with Gasteiger partial charge in [0.2, 0.25) is 0 Å². The summed E-state index contributed by atoms with van der Waals surface area (Å²) in [7, 11) is -0.979. The Morgan fingerprint density at radius 3 is 2.75 bits per heavy atom. The fraction of sp³-hybridized carbons (Fsp3) is 0.500. The summed E-state index contributed by atoms with van der Waals surface area (Å²) in [6.07, 6.45) is 15.2. The smallest absolute Gasteiger partial charge is 0.0857 e. The molecule has 0 bridgehead atoms. The van der Waals surface area contributed by atoms with Crippen LogP contribution in [0, 0.1) is 0 Å².